The molecule has 0 atom stereocenters. The van der Waals surface area contributed by atoms with Gasteiger partial charge in [-0.25, -0.2) is 8.42 Å². The van der Waals surface area contributed by atoms with Crippen molar-refractivity contribution in [3.05, 3.63) is 0 Å². The van der Waals surface area contributed by atoms with E-state index in [1.165, 1.54) is 6.42 Å². The number of nitrogens with one attached hydrogen (secondary N) is 1. The zero-order valence-corrected chi connectivity index (χ0v) is 15.6. The van der Waals surface area contributed by atoms with E-state index < -0.39 is 14.6 Å². The number of carbonyl (C=O) groups is 1. The van der Waals surface area contributed by atoms with Gasteiger partial charge in [-0.1, -0.05) is 19.3 Å². The van der Waals surface area contributed by atoms with E-state index in [4.69, 9.17) is 5.73 Å². The van der Waals surface area contributed by atoms with Crippen molar-refractivity contribution in [1.29, 1.82) is 0 Å². The van der Waals surface area contributed by atoms with Gasteiger partial charge in [0.15, 0.2) is 9.84 Å². The molecule has 0 aromatic carbocycles. The number of hydrogen-bond donors (Lipinski definition) is 2. The topological polar surface area (TPSA) is 89.3 Å². The van der Waals surface area contributed by atoms with Crippen LogP contribution >= 0.6 is 12.4 Å². The van der Waals surface area contributed by atoms with E-state index in [0.717, 1.165) is 25.7 Å². The van der Waals surface area contributed by atoms with E-state index in [0.29, 0.717) is 13.0 Å². The van der Waals surface area contributed by atoms with Crippen molar-refractivity contribution in [2.75, 3.05) is 18.8 Å². The summed E-state index contributed by atoms with van der Waals surface area (Å²) in [7, 11) is -3.19. The molecule has 1 aliphatic rings. The van der Waals surface area contributed by atoms with Gasteiger partial charge in [0.1, 0.15) is 0 Å². The van der Waals surface area contributed by atoms with Gasteiger partial charge in [0.25, 0.3) is 0 Å². The molecule has 0 aromatic rings. The van der Waals surface area contributed by atoms with Gasteiger partial charge in [0.2, 0.25) is 5.91 Å². The summed E-state index contributed by atoms with van der Waals surface area (Å²) < 4.78 is 23.2. The molecule has 1 aliphatic carbocycles. The summed E-state index contributed by atoms with van der Waals surface area (Å²) in [5.74, 6) is -0.0934. The molecule has 1 amide bonds. The first-order chi connectivity index (χ1) is 9.62. The van der Waals surface area contributed by atoms with E-state index in [1.54, 1.807) is 20.8 Å². The van der Waals surface area contributed by atoms with E-state index >= 15 is 0 Å². The van der Waals surface area contributed by atoms with Gasteiger partial charge in [-0.2, -0.15) is 0 Å². The molecule has 0 bridgehead atoms. The first-order valence-corrected chi connectivity index (χ1v) is 9.46. The SMILES string of the molecule is CC(C)(C)S(=O)(=O)CCNC(=O)CC1(CN)CCCCC1.Cl. The van der Waals surface area contributed by atoms with Crippen LogP contribution in [0.4, 0.5) is 0 Å². The summed E-state index contributed by atoms with van der Waals surface area (Å²) in [4.78, 5) is 12.0. The van der Waals surface area contributed by atoms with Crippen molar-refractivity contribution in [3.63, 3.8) is 0 Å². The molecule has 132 valence electrons. The molecular formula is C15H31ClN2O3S. The quantitative estimate of drug-likeness (QED) is 0.763. The Labute approximate surface area is 141 Å². The molecule has 0 radical (unpaired) electrons. The molecular weight excluding hydrogens is 324 g/mol. The highest BCUT2D eigenvalue weighted by Gasteiger charge is 2.33. The molecule has 0 saturated heterocycles. The molecule has 0 unspecified atom stereocenters. The summed E-state index contributed by atoms with van der Waals surface area (Å²) in [5, 5.41) is 2.74. The minimum absolute atomic E-state index is 0. The Morgan fingerprint density at radius 1 is 1.18 bits per heavy atom. The van der Waals surface area contributed by atoms with E-state index in [2.05, 4.69) is 5.32 Å². The van der Waals surface area contributed by atoms with E-state index in [9.17, 15) is 13.2 Å². The van der Waals surface area contributed by atoms with Crippen LogP contribution in [-0.2, 0) is 14.6 Å². The third kappa shape index (κ3) is 6.05. The molecule has 1 rings (SSSR count). The van der Waals surface area contributed by atoms with E-state index in [1.807, 2.05) is 0 Å². The Balaban J connectivity index is 0.00000441. The van der Waals surface area contributed by atoms with Crippen LogP contribution in [0, 0.1) is 5.41 Å². The molecule has 0 spiro atoms. The number of carbonyl (C=O) groups excluding carboxylic acids is 1. The zero-order chi connectivity index (χ0) is 16.1. The van der Waals surface area contributed by atoms with Gasteiger partial charge in [-0.05, 0) is 45.6 Å². The first kappa shape index (κ1) is 21.7. The maximum absolute atomic E-state index is 12.0. The van der Waals surface area contributed by atoms with Crippen LogP contribution in [0.5, 0.6) is 0 Å². The van der Waals surface area contributed by atoms with Crippen LogP contribution < -0.4 is 11.1 Å². The maximum Gasteiger partial charge on any atom is 0.220 e. The van der Waals surface area contributed by atoms with Crippen LogP contribution in [-0.4, -0.2) is 37.9 Å². The van der Waals surface area contributed by atoms with Crippen molar-refractivity contribution >= 4 is 28.2 Å². The number of rotatable bonds is 6. The molecule has 5 nitrogen and oxygen atoms in total. The van der Waals surface area contributed by atoms with Crippen molar-refractivity contribution in [2.45, 2.75) is 64.0 Å². The fourth-order valence-electron chi connectivity index (χ4n) is 2.79. The van der Waals surface area contributed by atoms with Crippen LogP contribution in [0.2, 0.25) is 0 Å². The Hall–Kier alpha value is -0.330. The fraction of sp³-hybridized carbons (Fsp3) is 0.933. The molecule has 1 fully saturated rings. The average molecular weight is 355 g/mol. The van der Waals surface area contributed by atoms with Crippen LogP contribution in [0.15, 0.2) is 0 Å². The van der Waals surface area contributed by atoms with Crippen LogP contribution in [0.1, 0.15) is 59.3 Å². The highest BCUT2D eigenvalue weighted by molar-refractivity contribution is 7.92. The van der Waals surface area contributed by atoms with Crippen molar-refractivity contribution < 1.29 is 13.2 Å². The van der Waals surface area contributed by atoms with Crippen molar-refractivity contribution in [3.8, 4) is 0 Å². The second kappa shape index (κ2) is 8.50. The Kier molecular flexibility index (Phi) is 8.37. The number of sulfone groups is 1. The van der Waals surface area contributed by atoms with Gasteiger partial charge >= 0.3 is 0 Å². The predicted octanol–water partition coefficient (Wildman–Crippen LogP) is 2.04. The monoisotopic (exact) mass is 354 g/mol. The summed E-state index contributed by atoms with van der Waals surface area (Å²) >= 11 is 0. The second-order valence-electron chi connectivity index (χ2n) is 7.22. The molecule has 22 heavy (non-hydrogen) atoms. The smallest absolute Gasteiger partial charge is 0.220 e. The second-order valence-corrected chi connectivity index (χ2v) is 10.1. The Bertz CT molecular complexity index is 452. The summed E-state index contributed by atoms with van der Waals surface area (Å²) in [6, 6.07) is 0. The third-order valence-corrected chi connectivity index (χ3v) is 7.12. The largest absolute Gasteiger partial charge is 0.355 e. The van der Waals surface area contributed by atoms with E-state index in [-0.39, 0.29) is 36.0 Å². The summed E-state index contributed by atoms with van der Waals surface area (Å²) in [6.07, 6.45) is 5.88. The standard InChI is InChI=1S/C15H30N2O3S.ClH/c1-14(2,3)21(19,20)10-9-17-13(18)11-15(12-16)7-5-4-6-8-15;/h4-12,16H2,1-3H3,(H,17,18);1H. The van der Waals surface area contributed by atoms with Gasteiger partial charge in [-0.15, -0.1) is 12.4 Å². The molecule has 0 heterocycles. The summed E-state index contributed by atoms with van der Waals surface area (Å²) in [6.45, 7) is 5.74. The maximum atomic E-state index is 12.0. The lowest BCUT2D eigenvalue weighted by Gasteiger charge is -2.35. The highest BCUT2D eigenvalue weighted by atomic mass is 35.5. The highest BCUT2D eigenvalue weighted by Crippen LogP contribution is 2.38. The van der Waals surface area contributed by atoms with Gasteiger partial charge < -0.3 is 11.1 Å². The lowest BCUT2D eigenvalue weighted by atomic mass is 9.72. The van der Waals surface area contributed by atoms with Gasteiger partial charge in [-0.3, -0.25) is 4.79 Å². The number of halogens is 1. The molecule has 3 N–H and O–H groups in total. The zero-order valence-electron chi connectivity index (χ0n) is 14.0. The van der Waals surface area contributed by atoms with Crippen LogP contribution in [0.3, 0.4) is 0 Å². The molecule has 1 saturated carbocycles. The number of amides is 1. The Morgan fingerprint density at radius 2 is 1.73 bits per heavy atom. The third-order valence-electron chi connectivity index (χ3n) is 4.51. The number of hydrogen-bond acceptors (Lipinski definition) is 4. The minimum atomic E-state index is -3.19. The molecule has 0 aliphatic heterocycles. The van der Waals surface area contributed by atoms with Crippen molar-refractivity contribution in [2.24, 2.45) is 11.1 Å². The first-order valence-electron chi connectivity index (χ1n) is 7.81. The predicted molar refractivity (Wildman–Crippen MR) is 93.0 cm³/mol. The molecule has 0 aromatic heterocycles. The fourth-order valence-corrected chi connectivity index (χ4v) is 3.77. The van der Waals surface area contributed by atoms with Gasteiger partial charge in [0.05, 0.1) is 10.5 Å². The average Bonchev–Trinajstić information content (AvgIpc) is 2.38. The van der Waals surface area contributed by atoms with Gasteiger partial charge in [0, 0.05) is 13.0 Å². The summed E-state index contributed by atoms with van der Waals surface area (Å²) in [5.41, 5.74) is 5.79. The van der Waals surface area contributed by atoms with Crippen LogP contribution in [0.25, 0.3) is 0 Å². The molecule has 7 heteroatoms. The lowest BCUT2D eigenvalue weighted by molar-refractivity contribution is -0.123. The lowest BCUT2D eigenvalue weighted by Crippen LogP contribution is -2.41. The number of nitrogens with two attached hydrogens (primary N) is 1. The Morgan fingerprint density at radius 3 is 2.18 bits per heavy atom. The minimum Gasteiger partial charge on any atom is -0.355 e. The normalized spacial score (nSPS) is 18.4. The van der Waals surface area contributed by atoms with Crippen molar-refractivity contribution in [1.82, 2.24) is 5.32 Å².